The third-order valence-corrected chi connectivity index (χ3v) is 15.2. The molecule has 1 aliphatic carbocycles. The lowest BCUT2D eigenvalue weighted by Crippen LogP contribution is -2.60. The van der Waals surface area contributed by atoms with Crippen LogP contribution in [0.5, 0.6) is 0 Å². The quantitative estimate of drug-likeness (QED) is 0.126. The summed E-state index contributed by atoms with van der Waals surface area (Å²) < 4.78 is 18.0. The fraction of sp³-hybridized carbons (Fsp3) is 0.750. The largest absolute Gasteiger partial charge is 0.460 e. The third kappa shape index (κ3) is 14.3. The molecule has 0 aromatic carbocycles. The first-order chi connectivity index (χ1) is 30.7. The SMILES string of the molecule is CO[C@H]1C(=O)[C@H](C)C[C@H](C)/C=C/C=C/C=C(\C)[C@@H](CO)C[C@@H]2CC[C@@H](C)[C@@](O)(O2)C(=O)C(=O)N2CCCC[C@H]2C(=O)O[C@H]([C@H](C)C[C@@H]2CC[C@H](C)[C@H](CO)C2)CC(=O)[C@H](C)/C=C(\C)[C@H]1O. The number of Topliss-reactive ketones (excluding diaryl/α,β-unsaturated/α-hetero) is 3. The van der Waals surface area contributed by atoms with Crippen molar-refractivity contribution in [2.24, 2.45) is 53.3 Å². The Hall–Kier alpha value is -3.33. The minimum Gasteiger partial charge on any atom is -0.460 e. The third-order valence-electron chi connectivity index (χ3n) is 15.2. The van der Waals surface area contributed by atoms with Crippen molar-refractivity contribution in [1.29, 1.82) is 0 Å². The highest BCUT2D eigenvalue weighted by Crippen LogP contribution is 2.39. The van der Waals surface area contributed by atoms with Crippen molar-refractivity contribution >= 4 is 29.2 Å². The number of allylic oxidation sites excluding steroid dienone is 6. The molecule has 0 aromatic rings. The van der Waals surface area contributed by atoms with Crippen LogP contribution in [0.1, 0.15) is 132 Å². The van der Waals surface area contributed by atoms with Crippen LogP contribution in [0.2, 0.25) is 0 Å². The van der Waals surface area contributed by atoms with Crippen LogP contribution in [-0.4, -0.2) is 118 Å². The number of fused-ring (bicyclic) bond motifs is 3. The van der Waals surface area contributed by atoms with Gasteiger partial charge >= 0.3 is 5.97 Å². The number of amides is 1. The van der Waals surface area contributed by atoms with E-state index < -0.39 is 71.7 Å². The molecule has 3 heterocycles. The minimum atomic E-state index is -2.44. The number of nitrogens with zero attached hydrogens (tertiary/aromatic N) is 1. The first-order valence-corrected chi connectivity index (χ1v) is 24.4. The highest BCUT2D eigenvalue weighted by Gasteiger charge is 2.53. The average Bonchev–Trinajstić information content (AvgIpc) is 3.28. The number of rotatable bonds is 6. The summed E-state index contributed by atoms with van der Waals surface area (Å²) in [5.41, 5.74) is 1.25. The van der Waals surface area contributed by atoms with Gasteiger partial charge in [-0.2, -0.15) is 0 Å². The summed E-state index contributed by atoms with van der Waals surface area (Å²) in [6.45, 7) is 14.8. The zero-order valence-corrected chi connectivity index (χ0v) is 40.7. The molecule has 1 saturated carbocycles. The number of hydrogen-bond donors (Lipinski definition) is 4. The van der Waals surface area contributed by atoms with Crippen LogP contribution in [0.15, 0.2) is 47.6 Å². The predicted octanol–water partition coefficient (Wildman–Crippen LogP) is 6.64. The molecule has 15 atom stereocenters. The molecule has 4 rings (SSSR count). The number of cyclic esters (lactones) is 1. The van der Waals surface area contributed by atoms with E-state index in [2.05, 4.69) is 6.92 Å². The van der Waals surface area contributed by atoms with Crippen LogP contribution in [0.25, 0.3) is 0 Å². The molecule has 0 aromatic heterocycles. The number of carbonyl (C=O) groups excluding carboxylic acids is 5. The van der Waals surface area contributed by atoms with Crippen molar-refractivity contribution in [3.63, 3.8) is 0 Å². The zero-order valence-electron chi connectivity index (χ0n) is 40.7. The van der Waals surface area contributed by atoms with Crippen LogP contribution >= 0.6 is 0 Å². The van der Waals surface area contributed by atoms with Gasteiger partial charge in [0, 0.05) is 57.0 Å². The molecule has 2 bridgehead atoms. The summed E-state index contributed by atoms with van der Waals surface area (Å²) in [4.78, 5) is 71.8. The number of methoxy groups -OCH3 is 1. The Bertz CT molecular complexity index is 1750. The Morgan fingerprint density at radius 1 is 0.877 bits per heavy atom. The molecule has 1 amide bonds. The van der Waals surface area contributed by atoms with Gasteiger partial charge in [-0.3, -0.25) is 19.2 Å². The summed E-state index contributed by atoms with van der Waals surface area (Å²) in [5.74, 6) is -7.62. The number of aliphatic hydroxyl groups is 4. The van der Waals surface area contributed by atoms with Gasteiger partial charge in [0.2, 0.25) is 5.79 Å². The Morgan fingerprint density at radius 3 is 2.28 bits per heavy atom. The molecule has 4 N–H and O–H groups in total. The summed E-state index contributed by atoms with van der Waals surface area (Å²) in [6, 6.07) is -1.13. The van der Waals surface area contributed by atoms with E-state index in [-0.39, 0.29) is 73.8 Å². The highest BCUT2D eigenvalue weighted by atomic mass is 16.6. The molecular weight excluding hydrogens is 831 g/mol. The van der Waals surface area contributed by atoms with E-state index in [1.165, 1.54) is 12.0 Å². The van der Waals surface area contributed by atoms with Crippen molar-refractivity contribution in [3.05, 3.63) is 47.6 Å². The Balaban J connectivity index is 1.70. The average molecular weight is 912 g/mol. The highest BCUT2D eigenvalue weighted by molar-refractivity contribution is 6.39. The normalized spacial score (nSPS) is 40.4. The maximum Gasteiger partial charge on any atom is 0.329 e. The number of esters is 1. The summed E-state index contributed by atoms with van der Waals surface area (Å²) in [5, 5.41) is 43.8. The van der Waals surface area contributed by atoms with Gasteiger partial charge in [0.25, 0.3) is 11.7 Å². The van der Waals surface area contributed by atoms with Crippen molar-refractivity contribution in [2.45, 2.75) is 169 Å². The lowest BCUT2D eigenvalue weighted by Gasteiger charge is -2.43. The molecule has 65 heavy (non-hydrogen) atoms. The van der Waals surface area contributed by atoms with Gasteiger partial charge in [-0.15, -0.1) is 0 Å². The fourth-order valence-corrected chi connectivity index (χ4v) is 10.5. The molecule has 0 radical (unpaired) electrons. The van der Waals surface area contributed by atoms with Crippen LogP contribution in [0, 0.1) is 53.3 Å². The van der Waals surface area contributed by atoms with Gasteiger partial charge in [0.15, 0.2) is 5.78 Å². The van der Waals surface area contributed by atoms with Crippen molar-refractivity contribution in [1.82, 2.24) is 4.90 Å². The van der Waals surface area contributed by atoms with E-state index in [0.717, 1.165) is 24.8 Å². The molecule has 3 fully saturated rings. The second-order valence-electron chi connectivity index (χ2n) is 20.3. The van der Waals surface area contributed by atoms with E-state index in [9.17, 15) is 44.4 Å². The Morgan fingerprint density at radius 2 is 1.60 bits per heavy atom. The Labute approximate surface area is 388 Å². The first kappa shape index (κ1) is 54.3. The monoisotopic (exact) mass is 912 g/mol. The summed E-state index contributed by atoms with van der Waals surface area (Å²) in [7, 11) is 1.38. The van der Waals surface area contributed by atoms with E-state index in [1.807, 2.05) is 58.1 Å². The van der Waals surface area contributed by atoms with E-state index in [1.54, 1.807) is 26.8 Å². The smallest absolute Gasteiger partial charge is 0.329 e. The van der Waals surface area contributed by atoms with Crippen LogP contribution in [-0.2, 0) is 38.2 Å². The number of ether oxygens (including phenoxy) is 3. The lowest BCUT2D eigenvalue weighted by atomic mass is 9.72. The van der Waals surface area contributed by atoms with Gasteiger partial charge in [-0.25, -0.2) is 4.79 Å². The van der Waals surface area contributed by atoms with Crippen LogP contribution < -0.4 is 0 Å². The minimum absolute atomic E-state index is 0.0102. The molecule has 0 unspecified atom stereocenters. The van der Waals surface area contributed by atoms with Gasteiger partial charge in [0.05, 0.1) is 6.10 Å². The second-order valence-corrected chi connectivity index (χ2v) is 20.3. The number of carbonyl (C=O) groups is 5. The van der Waals surface area contributed by atoms with Crippen molar-refractivity contribution in [3.8, 4) is 0 Å². The molecule has 13 heteroatoms. The summed E-state index contributed by atoms with van der Waals surface area (Å²) >= 11 is 0. The summed E-state index contributed by atoms with van der Waals surface area (Å²) in [6.07, 6.45) is 13.3. The number of aliphatic hydroxyl groups excluding tert-OH is 3. The van der Waals surface area contributed by atoms with E-state index >= 15 is 0 Å². The van der Waals surface area contributed by atoms with E-state index in [4.69, 9.17) is 14.2 Å². The van der Waals surface area contributed by atoms with Gasteiger partial charge in [-0.1, -0.05) is 96.4 Å². The number of ketones is 3. The van der Waals surface area contributed by atoms with Crippen LogP contribution in [0.3, 0.4) is 0 Å². The van der Waals surface area contributed by atoms with Gasteiger partial charge in [-0.05, 0) is 107 Å². The lowest BCUT2D eigenvalue weighted by molar-refractivity contribution is -0.265. The number of piperidine rings is 1. The fourth-order valence-electron chi connectivity index (χ4n) is 10.5. The molecule has 13 nitrogen and oxygen atoms in total. The maximum atomic E-state index is 14.4. The van der Waals surface area contributed by atoms with Crippen LogP contribution in [0.4, 0.5) is 0 Å². The predicted molar refractivity (Wildman–Crippen MR) is 248 cm³/mol. The molecule has 3 aliphatic heterocycles. The van der Waals surface area contributed by atoms with Gasteiger partial charge in [0.1, 0.15) is 30.1 Å². The maximum absolute atomic E-state index is 14.4. The first-order valence-electron chi connectivity index (χ1n) is 24.4. The molecule has 2 saturated heterocycles. The molecule has 366 valence electrons. The molecular formula is C52H81NO12. The van der Waals surface area contributed by atoms with Crippen molar-refractivity contribution < 1.29 is 58.6 Å². The molecule has 0 spiro atoms. The molecule has 4 aliphatic rings. The Kier molecular flexibility index (Phi) is 21.0. The standard InChI is InChI=1S/C52H81NO12/c1-31-15-11-10-12-16-32(2)41(30-55)27-42-21-19-38(8)52(62,65-42)49(59)50(60)53-22-14-13-17-43(53)51(61)64-45(35(5)25-39-20-18-33(3)40(26-39)29-54)28-44(56)34(4)24-37(7)47(58)48(63-9)46(57)36(6)23-31/h10-12,15-16,24,31,33-36,38-43,45,47-48,54-55,58,62H,13-14,17-23,25-30H2,1-9H3/b12-10+,15-11+,32-16+,37-24+/t31-,33+,34-,35-,36-,38-,39+,40+,41-,42+,43+,45+,47-,48+,52-/m1/s1. The number of hydrogen-bond acceptors (Lipinski definition) is 12. The van der Waals surface area contributed by atoms with Gasteiger partial charge < -0.3 is 39.5 Å². The second kappa shape index (κ2) is 25.2. The van der Waals surface area contributed by atoms with E-state index in [0.29, 0.717) is 56.4 Å². The topological polar surface area (TPSA) is 197 Å². The van der Waals surface area contributed by atoms with Crippen molar-refractivity contribution in [2.75, 3.05) is 26.9 Å². The zero-order chi connectivity index (χ0) is 48.2.